The summed E-state index contributed by atoms with van der Waals surface area (Å²) in [5, 5.41) is 0. The van der Waals surface area contributed by atoms with Crippen molar-refractivity contribution < 1.29 is 4.74 Å². The molecule has 1 nitrogen and oxygen atoms in total. The van der Waals surface area contributed by atoms with E-state index in [2.05, 4.69) is 13.8 Å². The summed E-state index contributed by atoms with van der Waals surface area (Å²) < 4.78 is 5.03. The third-order valence-corrected chi connectivity index (χ3v) is 3.00. The van der Waals surface area contributed by atoms with E-state index in [-0.39, 0.29) is 4.75 Å². The maximum absolute atomic E-state index is 5.65. The summed E-state index contributed by atoms with van der Waals surface area (Å²) in [6, 6.07) is 0. The van der Waals surface area contributed by atoms with E-state index < -0.39 is 0 Å². The number of hydrogen-bond donors (Lipinski definition) is 0. The minimum Gasteiger partial charge on any atom is -0.374 e. The summed E-state index contributed by atoms with van der Waals surface area (Å²) >= 11 is 7.38. The van der Waals surface area contributed by atoms with E-state index in [0.29, 0.717) is 5.88 Å². The second kappa shape index (κ2) is 4.42. The average Bonchev–Trinajstić information content (AvgIpc) is 1.84. The Balaban J connectivity index is 3.33. The fourth-order valence-corrected chi connectivity index (χ4v) is 1.00. The Morgan fingerprint density at radius 1 is 1.56 bits per heavy atom. The van der Waals surface area contributed by atoms with Crippen molar-refractivity contribution in [1.29, 1.82) is 0 Å². The van der Waals surface area contributed by atoms with E-state index in [1.54, 1.807) is 18.9 Å². The molecule has 0 fully saturated rings. The third kappa shape index (κ3) is 5.07. The second-order valence-electron chi connectivity index (χ2n) is 2.44. The quantitative estimate of drug-likeness (QED) is 0.471. The van der Waals surface area contributed by atoms with Crippen LogP contribution in [0.1, 0.15) is 13.8 Å². The van der Waals surface area contributed by atoms with Crippen LogP contribution < -0.4 is 0 Å². The molecule has 0 saturated carbocycles. The largest absolute Gasteiger partial charge is 0.374 e. The minimum atomic E-state index is 0.150. The maximum atomic E-state index is 5.65. The van der Waals surface area contributed by atoms with Crippen molar-refractivity contribution in [3.63, 3.8) is 0 Å². The zero-order chi connectivity index (χ0) is 7.33. The lowest BCUT2D eigenvalue weighted by Crippen LogP contribution is -2.17. The van der Waals surface area contributed by atoms with Crippen molar-refractivity contribution in [1.82, 2.24) is 0 Å². The third-order valence-electron chi connectivity index (χ3n) is 0.889. The van der Waals surface area contributed by atoms with E-state index in [9.17, 15) is 0 Å². The molecule has 0 aliphatic heterocycles. The fourth-order valence-electron chi connectivity index (χ4n) is 0.257. The molecule has 3 heteroatoms. The molecule has 0 rings (SSSR count). The van der Waals surface area contributed by atoms with Crippen molar-refractivity contribution in [3.8, 4) is 0 Å². The van der Waals surface area contributed by atoms with Crippen molar-refractivity contribution in [2.75, 3.05) is 18.9 Å². The van der Waals surface area contributed by atoms with Crippen LogP contribution in [0.5, 0.6) is 0 Å². The number of rotatable bonds is 4. The molecule has 0 amide bonds. The molecule has 0 aromatic carbocycles. The molecular weight excluding hydrogens is 156 g/mol. The number of alkyl halides is 1. The first-order valence-corrected chi connectivity index (χ1v) is 4.33. The molecule has 0 unspecified atom stereocenters. The van der Waals surface area contributed by atoms with E-state index in [0.717, 1.165) is 5.94 Å². The van der Waals surface area contributed by atoms with Crippen molar-refractivity contribution in [2.45, 2.75) is 18.6 Å². The van der Waals surface area contributed by atoms with Gasteiger partial charge in [-0.2, -0.15) is 0 Å². The molecule has 0 spiro atoms. The molecule has 0 saturated heterocycles. The Morgan fingerprint density at radius 3 is 2.44 bits per heavy atom. The van der Waals surface area contributed by atoms with E-state index in [4.69, 9.17) is 16.3 Å². The molecule has 0 aromatic rings. The van der Waals surface area contributed by atoms with Gasteiger partial charge in [-0.1, -0.05) is 0 Å². The molecule has 0 bridgehead atoms. The summed E-state index contributed by atoms with van der Waals surface area (Å²) in [6.07, 6.45) is 0. The second-order valence-corrected chi connectivity index (χ2v) is 4.34. The topological polar surface area (TPSA) is 9.23 Å². The number of thioether (sulfide) groups is 1. The van der Waals surface area contributed by atoms with Gasteiger partial charge in [-0.3, -0.25) is 0 Å². The normalized spacial score (nSPS) is 12.0. The number of hydrogen-bond acceptors (Lipinski definition) is 2. The Kier molecular flexibility index (Phi) is 4.72. The summed E-state index contributed by atoms with van der Waals surface area (Å²) in [4.78, 5) is 0. The molecule has 0 N–H and O–H groups in total. The predicted molar refractivity (Wildman–Crippen MR) is 44.3 cm³/mol. The first kappa shape index (κ1) is 9.60. The Morgan fingerprint density at radius 2 is 2.11 bits per heavy atom. The van der Waals surface area contributed by atoms with Crippen LogP contribution in [-0.4, -0.2) is 23.7 Å². The van der Waals surface area contributed by atoms with Gasteiger partial charge in [0.25, 0.3) is 0 Å². The van der Waals surface area contributed by atoms with E-state index >= 15 is 0 Å². The molecule has 56 valence electrons. The summed E-state index contributed by atoms with van der Waals surface area (Å²) in [5.41, 5.74) is 0. The smallest absolute Gasteiger partial charge is 0.0922 e. The molecular formula is C6H13ClOS. The lowest BCUT2D eigenvalue weighted by atomic mass is 10.2. The van der Waals surface area contributed by atoms with Crippen molar-refractivity contribution in [2.24, 2.45) is 0 Å². The van der Waals surface area contributed by atoms with Crippen LogP contribution in [0.3, 0.4) is 0 Å². The molecule has 0 heterocycles. The molecule has 0 aliphatic rings. The standard InChI is InChI=1S/C6H13ClOS/c1-6(2,4-7)9-5-8-3/h4-5H2,1-3H3. The highest BCUT2D eigenvalue weighted by atomic mass is 35.5. The van der Waals surface area contributed by atoms with Crippen LogP contribution in [0.4, 0.5) is 0 Å². The minimum absolute atomic E-state index is 0.150. The predicted octanol–water partition coefficient (Wildman–Crippen LogP) is 2.34. The molecule has 0 aromatic heterocycles. The van der Waals surface area contributed by atoms with Gasteiger partial charge >= 0.3 is 0 Å². The Hall–Kier alpha value is 0.600. The van der Waals surface area contributed by atoms with Crippen LogP contribution in [0, 0.1) is 0 Å². The first-order valence-electron chi connectivity index (χ1n) is 2.81. The van der Waals surface area contributed by atoms with Gasteiger partial charge in [0.2, 0.25) is 0 Å². The van der Waals surface area contributed by atoms with Gasteiger partial charge in [-0.15, -0.1) is 23.4 Å². The number of ether oxygens (including phenoxy) is 1. The number of methoxy groups -OCH3 is 1. The monoisotopic (exact) mass is 168 g/mol. The molecule has 0 aliphatic carbocycles. The number of halogens is 1. The van der Waals surface area contributed by atoms with E-state index in [1.165, 1.54) is 0 Å². The van der Waals surface area contributed by atoms with Gasteiger partial charge in [0.15, 0.2) is 0 Å². The van der Waals surface area contributed by atoms with Gasteiger partial charge in [0.05, 0.1) is 5.94 Å². The van der Waals surface area contributed by atoms with Gasteiger partial charge in [0.1, 0.15) is 0 Å². The van der Waals surface area contributed by atoms with Crippen LogP contribution in [-0.2, 0) is 4.74 Å². The average molecular weight is 169 g/mol. The van der Waals surface area contributed by atoms with Crippen molar-refractivity contribution in [3.05, 3.63) is 0 Å². The van der Waals surface area contributed by atoms with Gasteiger partial charge in [-0.25, -0.2) is 0 Å². The van der Waals surface area contributed by atoms with Crippen LogP contribution in [0.2, 0.25) is 0 Å². The van der Waals surface area contributed by atoms with Crippen LogP contribution >= 0.6 is 23.4 Å². The van der Waals surface area contributed by atoms with Gasteiger partial charge in [0, 0.05) is 17.7 Å². The Labute approximate surface area is 66.1 Å². The van der Waals surface area contributed by atoms with Gasteiger partial charge in [-0.05, 0) is 13.8 Å². The highest BCUT2D eigenvalue weighted by Crippen LogP contribution is 2.24. The summed E-state index contributed by atoms with van der Waals surface area (Å²) in [7, 11) is 1.69. The highest BCUT2D eigenvalue weighted by molar-refractivity contribution is 8.00. The van der Waals surface area contributed by atoms with Gasteiger partial charge < -0.3 is 4.74 Å². The maximum Gasteiger partial charge on any atom is 0.0922 e. The lowest BCUT2D eigenvalue weighted by Gasteiger charge is -2.19. The SMILES string of the molecule is COCSC(C)(C)CCl. The molecule has 0 radical (unpaired) electrons. The zero-order valence-electron chi connectivity index (χ0n) is 6.11. The van der Waals surface area contributed by atoms with E-state index in [1.807, 2.05) is 0 Å². The lowest BCUT2D eigenvalue weighted by molar-refractivity contribution is 0.258. The highest BCUT2D eigenvalue weighted by Gasteiger charge is 2.15. The summed E-state index contributed by atoms with van der Waals surface area (Å²) in [5.74, 6) is 1.39. The molecule has 0 atom stereocenters. The fraction of sp³-hybridized carbons (Fsp3) is 1.00. The van der Waals surface area contributed by atoms with Crippen molar-refractivity contribution >= 4 is 23.4 Å². The zero-order valence-corrected chi connectivity index (χ0v) is 7.68. The summed E-state index contributed by atoms with van der Waals surface area (Å²) in [6.45, 7) is 4.20. The first-order chi connectivity index (χ1) is 4.12. The van der Waals surface area contributed by atoms with Crippen LogP contribution in [0.25, 0.3) is 0 Å². The van der Waals surface area contributed by atoms with Crippen LogP contribution in [0.15, 0.2) is 0 Å². The molecule has 9 heavy (non-hydrogen) atoms. The Bertz CT molecular complexity index is 75.5.